The number of alkyl halides is 3. The van der Waals surface area contributed by atoms with E-state index in [1.165, 1.54) is 25.4 Å². The van der Waals surface area contributed by atoms with Crippen molar-refractivity contribution in [3.8, 4) is 17.0 Å². The third-order valence-electron chi connectivity index (χ3n) is 4.74. The molecular formula is C23H14ClF3N2O2. The van der Waals surface area contributed by atoms with Crippen LogP contribution in [-0.2, 0) is 6.18 Å². The number of rotatable bonds is 4. The number of aromatic nitrogens is 2. The molecule has 0 saturated heterocycles. The Morgan fingerprint density at radius 1 is 0.903 bits per heavy atom. The fourth-order valence-corrected chi connectivity index (χ4v) is 3.36. The molecule has 0 saturated carbocycles. The lowest BCUT2D eigenvalue weighted by Crippen LogP contribution is -2.06. The molecule has 3 aromatic carbocycles. The topological polar surface area (TPSA) is 52.1 Å². The van der Waals surface area contributed by atoms with Gasteiger partial charge in [-0.1, -0.05) is 41.9 Å². The van der Waals surface area contributed by atoms with Crippen molar-refractivity contribution in [1.82, 2.24) is 9.97 Å². The standard InChI is InChI=1S/C23H14ClF3N2O2/c1-31-21-12-28-19-9-7-16(11-20(19)29-21)22(30)14-4-2-13(3-5-14)15-6-8-18(24)17(10-15)23(25,26)27/h2-12H,1H3. The van der Waals surface area contributed by atoms with E-state index >= 15 is 0 Å². The van der Waals surface area contributed by atoms with Gasteiger partial charge in [-0.15, -0.1) is 0 Å². The Hall–Kier alpha value is -3.45. The normalized spacial score (nSPS) is 11.5. The number of hydrogen-bond donors (Lipinski definition) is 0. The highest BCUT2D eigenvalue weighted by atomic mass is 35.5. The first-order valence-corrected chi connectivity index (χ1v) is 9.47. The maximum atomic E-state index is 13.1. The highest BCUT2D eigenvalue weighted by molar-refractivity contribution is 6.31. The van der Waals surface area contributed by atoms with E-state index in [1.54, 1.807) is 42.5 Å². The minimum absolute atomic E-state index is 0.245. The largest absolute Gasteiger partial charge is 0.480 e. The summed E-state index contributed by atoms with van der Waals surface area (Å²) in [6.07, 6.45) is -3.06. The van der Waals surface area contributed by atoms with Gasteiger partial charge in [0.05, 0.1) is 34.9 Å². The molecule has 0 amide bonds. The van der Waals surface area contributed by atoms with Crippen LogP contribution in [0.1, 0.15) is 21.5 Å². The molecule has 4 rings (SSSR count). The number of halogens is 4. The lowest BCUT2D eigenvalue weighted by atomic mass is 9.98. The lowest BCUT2D eigenvalue weighted by molar-refractivity contribution is -0.137. The van der Waals surface area contributed by atoms with Crippen LogP contribution in [0, 0.1) is 0 Å². The van der Waals surface area contributed by atoms with E-state index in [0.29, 0.717) is 39.2 Å². The van der Waals surface area contributed by atoms with Crippen LogP contribution in [0.15, 0.2) is 66.9 Å². The van der Waals surface area contributed by atoms with Crippen LogP contribution < -0.4 is 4.74 Å². The number of ether oxygens (including phenoxy) is 1. The second-order valence-electron chi connectivity index (χ2n) is 6.71. The molecule has 0 bridgehead atoms. The minimum Gasteiger partial charge on any atom is -0.480 e. The Morgan fingerprint density at radius 2 is 1.58 bits per heavy atom. The number of nitrogens with zero attached hydrogens (tertiary/aromatic N) is 2. The summed E-state index contributed by atoms with van der Waals surface area (Å²) in [5, 5.41) is -0.362. The quantitative estimate of drug-likeness (QED) is 0.353. The molecule has 1 aromatic heterocycles. The zero-order valence-electron chi connectivity index (χ0n) is 16.1. The van der Waals surface area contributed by atoms with Gasteiger partial charge in [0.15, 0.2) is 5.78 Å². The second kappa shape index (κ2) is 8.00. The predicted octanol–water partition coefficient (Wildman–Crippen LogP) is 6.21. The lowest BCUT2D eigenvalue weighted by Gasteiger charge is -2.11. The van der Waals surface area contributed by atoms with E-state index in [0.717, 1.165) is 6.07 Å². The van der Waals surface area contributed by atoms with Crippen molar-refractivity contribution in [1.29, 1.82) is 0 Å². The van der Waals surface area contributed by atoms with Crippen LogP contribution in [-0.4, -0.2) is 22.9 Å². The smallest absolute Gasteiger partial charge is 0.417 e. The van der Waals surface area contributed by atoms with Crippen LogP contribution in [0.2, 0.25) is 5.02 Å². The first kappa shape index (κ1) is 20.8. The highest BCUT2D eigenvalue weighted by Gasteiger charge is 2.33. The first-order valence-electron chi connectivity index (χ1n) is 9.09. The van der Waals surface area contributed by atoms with Crippen molar-refractivity contribution in [2.24, 2.45) is 0 Å². The van der Waals surface area contributed by atoms with Crippen LogP contribution in [0.5, 0.6) is 5.88 Å². The number of hydrogen-bond acceptors (Lipinski definition) is 4. The molecule has 1 heterocycles. The van der Waals surface area contributed by atoms with Crippen molar-refractivity contribution in [2.75, 3.05) is 7.11 Å². The SMILES string of the molecule is COc1cnc2ccc(C(=O)c3ccc(-c4ccc(Cl)c(C(F)(F)F)c4)cc3)cc2n1. The van der Waals surface area contributed by atoms with E-state index < -0.39 is 11.7 Å². The van der Waals surface area contributed by atoms with Crippen molar-refractivity contribution < 1.29 is 22.7 Å². The van der Waals surface area contributed by atoms with Crippen LogP contribution in [0.4, 0.5) is 13.2 Å². The van der Waals surface area contributed by atoms with Crippen molar-refractivity contribution in [3.05, 3.63) is 88.6 Å². The Kier molecular flexibility index (Phi) is 5.37. The molecule has 0 N–H and O–H groups in total. The number of ketones is 1. The van der Waals surface area contributed by atoms with Gasteiger partial charge in [0.25, 0.3) is 0 Å². The van der Waals surface area contributed by atoms with Crippen molar-refractivity contribution in [2.45, 2.75) is 6.18 Å². The van der Waals surface area contributed by atoms with Crippen molar-refractivity contribution >= 4 is 28.4 Å². The number of benzene rings is 3. The zero-order valence-corrected chi connectivity index (χ0v) is 16.8. The van der Waals surface area contributed by atoms with Gasteiger partial charge in [-0.2, -0.15) is 13.2 Å². The second-order valence-corrected chi connectivity index (χ2v) is 7.12. The van der Waals surface area contributed by atoms with Gasteiger partial charge in [0, 0.05) is 11.1 Å². The zero-order chi connectivity index (χ0) is 22.2. The molecule has 31 heavy (non-hydrogen) atoms. The first-order chi connectivity index (χ1) is 14.8. The van der Waals surface area contributed by atoms with Crippen LogP contribution in [0.25, 0.3) is 22.2 Å². The monoisotopic (exact) mass is 442 g/mol. The summed E-state index contributed by atoms with van der Waals surface area (Å²) in [6.45, 7) is 0. The van der Waals surface area contributed by atoms with Crippen LogP contribution >= 0.6 is 11.6 Å². The van der Waals surface area contributed by atoms with Gasteiger partial charge in [-0.05, 0) is 41.5 Å². The molecular weight excluding hydrogens is 429 g/mol. The summed E-state index contributed by atoms with van der Waals surface area (Å²) < 4.78 is 44.4. The van der Waals surface area contributed by atoms with Gasteiger partial charge in [-0.3, -0.25) is 4.79 Å². The fourth-order valence-electron chi connectivity index (χ4n) is 3.14. The van der Waals surface area contributed by atoms with E-state index in [1.807, 2.05) is 0 Å². The highest BCUT2D eigenvalue weighted by Crippen LogP contribution is 2.37. The van der Waals surface area contributed by atoms with E-state index in [4.69, 9.17) is 16.3 Å². The molecule has 0 radical (unpaired) electrons. The van der Waals surface area contributed by atoms with E-state index in [9.17, 15) is 18.0 Å². The number of methoxy groups -OCH3 is 1. The molecule has 4 nitrogen and oxygen atoms in total. The molecule has 4 aromatic rings. The molecule has 8 heteroatoms. The summed E-state index contributed by atoms with van der Waals surface area (Å²) >= 11 is 5.68. The Bertz CT molecular complexity index is 1290. The number of carbonyl (C=O) groups excluding carboxylic acids is 1. The molecule has 0 aliphatic rings. The van der Waals surface area contributed by atoms with Gasteiger partial charge in [0.1, 0.15) is 0 Å². The maximum Gasteiger partial charge on any atom is 0.417 e. The minimum atomic E-state index is -4.55. The summed E-state index contributed by atoms with van der Waals surface area (Å²) in [5.74, 6) is 0.0906. The third kappa shape index (κ3) is 4.22. The molecule has 0 unspecified atom stereocenters. The molecule has 0 aliphatic heterocycles. The van der Waals surface area contributed by atoms with Gasteiger partial charge in [0.2, 0.25) is 5.88 Å². The van der Waals surface area contributed by atoms with E-state index in [2.05, 4.69) is 9.97 Å². The summed E-state index contributed by atoms with van der Waals surface area (Å²) in [7, 11) is 1.48. The summed E-state index contributed by atoms with van der Waals surface area (Å²) in [6, 6.07) is 15.0. The predicted molar refractivity (Wildman–Crippen MR) is 111 cm³/mol. The van der Waals surface area contributed by atoms with Gasteiger partial charge >= 0.3 is 6.18 Å². The van der Waals surface area contributed by atoms with Gasteiger partial charge < -0.3 is 4.74 Å². The molecule has 0 fully saturated rings. The average Bonchev–Trinajstić information content (AvgIpc) is 2.77. The number of fused-ring (bicyclic) bond motifs is 1. The maximum absolute atomic E-state index is 13.1. The molecule has 0 atom stereocenters. The molecule has 156 valence electrons. The number of carbonyl (C=O) groups is 1. The Labute approximate surface area is 180 Å². The molecule has 0 spiro atoms. The van der Waals surface area contributed by atoms with Crippen molar-refractivity contribution in [3.63, 3.8) is 0 Å². The molecule has 0 aliphatic carbocycles. The fraction of sp³-hybridized carbons (Fsp3) is 0.0870. The third-order valence-corrected chi connectivity index (χ3v) is 5.07. The van der Waals surface area contributed by atoms with Gasteiger partial charge in [-0.25, -0.2) is 9.97 Å². The summed E-state index contributed by atoms with van der Waals surface area (Å²) in [5.41, 5.74) is 1.92. The Morgan fingerprint density at radius 3 is 2.26 bits per heavy atom. The average molecular weight is 443 g/mol. The Balaban J connectivity index is 1.64. The summed E-state index contributed by atoms with van der Waals surface area (Å²) in [4.78, 5) is 21.4. The van der Waals surface area contributed by atoms with Crippen LogP contribution in [0.3, 0.4) is 0 Å². The van der Waals surface area contributed by atoms with E-state index in [-0.39, 0.29) is 10.8 Å².